The summed E-state index contributed by atoms with van der Waals surface area (Å²) in [6.07, 6.45) is 4.82. The predicted molar refractivity (Wildman–Crippen MR) is 80.0 cm³/mol. The van der Waals surface area contributed by atoms with E-state index in [1.807, 2.05) is 6.07 Å². The predicted octanol–water partition coefficient (Wildman–Crippen LogP) is 1.94. The van der Waals surface area contributed by atoms with Gasteiger partial charge in [0.2, 0.25) is 10.0 Å². The summed E-state index contributed by atoms with van der Waals surface area (Å²) in [5, 5.41) is 8.97. The second kappa shape index (κ2) is 7.55. The molecule has 0 atom stereocenters. The molecule has 1 fully saturated rings. The van der Waals surface area contributed by atoms with Crippen molar-refractivity contribution in [3.8, 4) is 6.07 Å². The van der Waals surface area contributed by atoms with E-state index in [1.165, 1.54) is 12.8 Å². The van der Waals surface area contributed by atoms with E-state index in [0.29, 0.717) is 17.7 Å². The van der Waals surface area contributed by atoms with Gasteiger partial charge in [-0.3, -0.25) is 0 Å². The van der Waals surface area contributed by atoms with E-state index in [1.54, 1.807) is 24.3 Å². The Kier molecular flexibility index (Phi) is 5.74. The SMILES string of the molecule is N#Cc1ccccc1CS(=O)(=O)NCCOC1CCCC1. The number of sulfonamides is 1. The Morgan fingerprint density at radius 2 is 2.00 bits per heavy atom. The van der Waals surface area contributed by atoms with Crippen LogP contribution in [0.2, 0.25) is 0 Å². The summed E-state index contributed by atoms with van der Waals surface area (Å²) in [5.74, 6) is -0.180. The quantitative estimate of drug-likeness (QED) is 0.781. The molecule has 1 aliphatic rings. The fraction of sp³-hybridized carbons (Fsp3) is 0.533. The summed E-state index contributed by atoms with van der Waals surface area (Å²) in [6.45, 7) is 0.664. The van der Waals surface area contributed by atoms with Crippen LogP contribution >= 0.6 is 0 Å². The Hall–Kier alpha value is -1.42. The molecule has 0 saturated heterocycles. The molecule has 0 aromatic heterocycles. The van der Waals surface area contributed by atoms with Crippen LogP contribution in [0.4, 0.5) is 0 Å². The molecule has 0 aliphatic heterocycles. The van der Waals surface area contributed by atoms with Crippen LogP contribution in [0.15, 0.2) is 24.3 Å². The van der Waals surface area contributed by atoms with E-state index >= 15 is 0 Å². The van der Waals surface area contributed by atoms with Gasteiger partial charge >= 0.3 is 0 Å². The summed E-state index contributed by atoms with van der Waals surface area (Å²) in [4.78, 5) is 0. The molecule has 5 nitrogen and oxygen atoms in total. The first-order valence-electron chi connectivity index (χ1n) is 7.18. The van der Waals surface area contributed by atoms with Crippen molar-refractivity contribution in [2.45, 2.75) is 37.5 Å². The molecule has 0 unspecified atom stereocenters. The third kappa shape index (κ3) is 5.12. The molecular weight excluding hydrogens is 288 g/mol. The molecule has 1 N–H and O–H groups in total. The van der Waals surface area contributed by atoms with Crippen LogP contribution in [0.1, 0.15) is 36.8 Å². The lowest BCUT2D eigenvalue weighted by Crippen LogP contribution is -2.29. The molecule has 21 heavy (non-hydrogen) atoms. The fourth-order valence-electron chi connectivity index (χ4n) is 2.49. The van der Waals surface area contributed by atoms with Crippen molar-refractivity contribution in [2.75, 3.05) is 13.2 Å². The van der Waals surface area contributed by atoms with Gasteiger partial charge in [-0.05, 0) is 24.5 Å². The van der Waals surface area contributed by atoms with Gasteiger partial charge < -0.3 is 4.74 Å². The number of hydrogen-bond acceptors (Lipinski definition) is 4. The van der Waals surface area contributed by atoms with Crippen LogP contribution in [0, 0.1) is 11.3 Å². The van der Waals surface area contributed by atoms with Crippen molar-refractivity contribution in [3.63, 3.8) is 0 Å². The first-order chi connectivity index (χ1) is 10.1. The van der Waals surface area contributed by atoms with Gasteiger partial charge in [-0.25, -0.2) is 13.1 Å². The maximum Gasteiger partial charge on any atom is 0.215 e. The molecule has 0 amide bonds. The summed E-state index contributed by atoms with van der Waals surface area (Å²) in [5.41, 5.74) is 0.911. The molecule has 0 heterocycles. The average molecular weight is 308 g/mol. The highest BCUT2D eigenvalue weighted by molar-refractivity contribution is 7.88. The van der Waals surface area contributed by atoms with Crippen molar-refractivity contribution in [2.24, 2.45) is 0 Å². The first-order valence-corrected chi connectivity index (χ1v) is 8.83. The number of benzene rings is 1. The Morgan fingerprint density at radius 3 is 2.71 bits per heavy atom. The topological polar surface area (TPSA) is 79.2 Å². The van der Waals surface area contributed by atoms with Crippen LogP contribution in [-0.4, -0.2) is 27.7 Å². The Morgan fingerprint density at radius 1 is 1.29 bits per heavy atom. The van der Waals surface area contributed by atoms with E-state index < -0.39 is 10.0 Å². The standard InChI is InChI=1S/C15H20N2O3S/c16-11-13-5-1-2-6-14(13)12-21(18,19)17-9-10-20-15-7-3-4-8-15/h1-2,5-6,15,17H,3-4,7-10,12H2. The van der Waals surface area contributed by atoms with Gasteiger partial charge in [0, 0.05) is 6.54 Å². The van der Waals surface area contributed by atoms with E-state index in [9.17, 15) is 8.42 Å². The molecule has 0 bridgehead atoms. The lowest BCUT2D eigenvalue weighted by molar-refractivity contribution is 0.0626. The van der Waals surface area contributed by atoms with Gasteiger partial charge in [0.15, 0.2) is 0 Å². The third-order valence-corrected chi connectivity index (χ3v) is 4.90. The highest BCUT2D eigenvalue weighted by atomic mass is 32.2. The minimum atomic E-state index is -3.44. The van der Waals surface area contributed by atoms with Crippen molar-refractivity contribution in [1.82, 2.24) is 4.72 Å². The lowest BCUT2D eigenvalue weighted by atomic mass is 10.1. The fourth-order valence-corrected chi connectivity index (χ4v) is 3.65. The largest absolute Gasteiger partial charge is 0.377 e. The van der Waals surface area contributed by atoms with E-state index in [-0.39, 0.29) is 18.4 Å². The average Bonchev–Trinajstić information content (AvgIpc) is 2.97. The number of nitrogens with one attached hydrogen (secondary N) is 1. The van der Waals surface area contributed by atoms with Crippen LogP contribution in [0.3, 0.4) is 0 Å². The van der Waals surface area contributed by atoms with Crippen molar-refractivity contribution in [3.05, 3.63) is 35.4 Å². The summed E-state index contributed by atoms with van der Waals surface area (Å²) in [7, 11) is -3.44. The maximum absolute atomic E-state index is 12.0. The Labute approximate surface area is 126 Å². The number of ether oxygens (including phenoxy) is 1. The molecule has 0 radical (unpaired) electrons. The maximum atomic E-state index is 12.0. The second-order valence-electron chi connectivity index (χ2n) is 5.20. The molecule has 0 spiro atoms. The van der Waals surface area contributed by atoms with E-state index in [4.69, 9.17) is 10.00 Å². The van der Waals surface area contributed by atoms with Crippen molar-refractivity contribution < 1.29 is 13.2 Å². The minimum absolute atomic E-state index is 0.180. The van der Waals surface area contributed by atoms with Gasteiger partial charge in [-0.15, -0.1) is 0 Å². The third-order valence-electron chi connectivity index (χ3n) is 3.56. The van der Waals surface area contributed by atoms with Crippen LogP contribution in [0.5, 0.6) is 0 Å². The smallest absolute Gasteiger partial charge is 0.215 e. The normalized spacial score (nSPS) is 16.0. The molecular formula is C15H20N2O3S. The molecule has 1 saturated carbocycles. The van der Waals surface area contributed by atoms with Crippen LogP contribution < -0.4 is 4.72 Å². The second-order valence-corrected chi connectivity index (χ2v) is 7.01. The number of hydrogen-bond donors (Lipinski definition) is 1. The minimum Gasteiger partial charge on any atom is -0.377 e. The monoisotopic (exact) mass is 308 g/mol. The van der Waals surface area contributed by atoms with Gasteiger partial charge in [0.05, 0.1) is 30.1 Å². The highest BCUT2D eigenvalue weighted by Crippen LogP contribution is 2.20. The molecule has 6 heteroatoms. The molecule has 114 valence electrons. The van der Waals surface area contributed by atoms with Crippen LogP contribution in [0.25, 0.3) is 0 Å². The molecule has 1 aliphatic carbocycles. The van der Waals surface area contributed by atoms with Crippen molar-refractivity contribution >= 4 is 10.0 Å². The summed E-state index contributed by atoms with van der Waals surface area (Å²) in [6, 6.07) is 8.74. The Bertz CT molecular complexity index is 602. The molecule has 2 rings (SSSR count). The zero-order chi connectivity index (χ0) is 15.1. The van der Waals surface area contributed by atoms with Gasteiger partial charge in [-0.1, -0.05) is 31.0 Å². The lowest BCUT2D eigenvalue weighted by Gasteiger charge is -2.12. The Balaban J connectivity index is 1.80. The van der Waals surface area contributed by atoms with Gasteiger partial charge in [0.25, 0.3) is 0 Å². The first kappa shape index (κ1) is 16.0. The van der Waals surface area contributed by atoms with E-state index in [2.05, 4.69) is 4.72 Å². The van der Waals surface area contributed by atoms with E-state index in [0.717, 1.165) is 12.8 Å². The summed E-state index contributed by atoms with van der Waals surface area (Å²) < 4.78 is 32.1. The highest BCUT2D eigenvalue weighted by Gasteiger charge is 2.16. The van der Waals surface area contributed by atoms with Gasteiger partial charge in [0.1, 0.15) is 0 Å². The number of nitrogens with zero attached hydrogens (tertiary/aromatic N) is 1. The molecule has 1 aromatic rings. The zero-order valence-electron chi connectivity index (χ0n) is 11.9. The zero-order valence-corrected chi connectivity index (χ0v) is 12.7. The number of rotatable bonds is 7. The van der Waals surface area contributed by atoms with Gasteiger partial charge in [-0.2, -0.15) is 5.26 Å². The van der Waals surface area contributed by atoms with Crippen molar-refractivity contribution in [1.29, 1.82) is 5.26 Å². The van der Waals surface area contributed by atoms with Crippen LogP contribution in [-0.2, 0) is 20.5 Å². The number of nitriles is 1. The summed E-state index contributed by atoms with van der Waals surface area (Å²) >= 11 is 0. The molecule has 1 aromatic carbocycles.